The summed E-state index contributed by atoms with van der Waals surface area (Å²) in [4.78, 5) is 2.49. The third-order valence-electron chi connectivity index (χ3n) is 4.37. The number of hydrogen-bond acceptors (Lipinski definition) is 3. The molecule has 0 saturated carbocycles. The van der Waals surface area contributed by atoms with Gasteiger partial charge in [0, 0.05) is 37.4 Å². The van der Waals surface area contributed by atoms with Gasteiger partial charge in [-0.15, -0.1) is 0 Å². The van der Waals surface area contributed by atoms with Crippen molar-refractivity contribution in [3.8, 4) is 0 Å². The summed E-state index contributed by atoms with van der Waals surface area (Å²) in [6, 6.07) is 9.19. The molecule has 0 amide bonds. The van der Waals surface area contributed by atoms with Crippen molar-refractivity contribution in [3.05, 3.63) is 36.0 Å². The molecule has 2 heterocycles. The lowest BCUT2D eigenvalue weighted by molar-refractivity contribution is -0.0451. The van der Waals surface area contributed by atoms with Crippen LogP contribution in [0.25, 0.3) is 10.9 Å². The van der Waals surface area contributed by atoms with Crippen molar-refractivity contribution in [1.82, 2.24) is 9.47 Å². The first-order chi connectivity index (χ1) is 10.2. The highest BCUT2D eigenvalue weighted by atomic mass is 16.5. The lowest BCUT2D eigenvalue weighted by Gasteiger charge is -2.35. The maximum atomic E-state index is 5.95. The van der Waals surface area contributed by atoms with Gasteiger partial charge in [0.1, 0.15) is 0 Å². The Balaban J connectivity index is 1.78. The van der Waals surface area contributed by atoms with Crippen LogP contribution >= 0.6 is 0 Å². The fraction of sp³-hybridized carbons (Fsp3) is 0.529. The molecular weight excluding hydrogens is 262 g/mol. The Morgan fingerprint density at radius 2 is 2.19 bits per heavy atom. The van der Waals surface area contributed by atoms with E-state index >= 15 is 0 Å². The Morgan fingerprint density at radius 1 is 1.33 bits per heavy atom. The summed E-state index contributed by atoms with van der Waals surface area (Å²) in [7, 11) is 0. The molecule has 2 N–H and O–H groups in total. The van der Waals surface area contributed by atoms with Crippen molar-refractivity contribution >= 4 is 10.9 Å². The average Bonchev–Trinajstić information content (AvgIpc) is 2.89. The number of benzene rings is 1. The smallest absolute Gasteiger partial charge is 0.0881 e. The van der Waals surface area contributed by atoms with E-state index in [0.717, 1.165) is 26.2 Å². The topological polar surface area (TPSA) is 43.4 Å². The number of aromatic nitrogens is 1. The largest absolute Gasteiger partial charge is 0.374 e. The summed E-state index contributed by atoms with van der Waals surface area (Å²) >= 11 is 0. The molecule has 114 valence electrons. The van der Waals surface area contributed by atoms with Crippen molar-refractivity contribution < 1.29 is 4.74 Å². The Morgan fingerprint density at radius 3 is 2.95 bits per heavy atom. The Labute approximate surface area is 126 Å². The van der Waals surface area contributed by atoms with E-state index in [2.05, 4.69) is 53.8 Å². The highest BCUT2D eigenvalue weighted by Crippen LogP contribution is 2.19. The Bertz CT molecular complexity index is 605. The number of nitrogens with two attached hydrogens (primary N) is 1. The van der Waals surface area contributed by atoms with Crippen LogP contribution in [0.1, 0.15) is 19.4 Å². The van der Waals surface area contributed by atoms with E-state index in [9.17, 15) is 0 Å². The average molecular weight is 287 g/mol. The quantitative estimate of drug-likeness (QED) is 0.937. The summed E-state index contributed by atoms with van der Waals surface area (Å²) in [6.07, 6.45) is 2.42. The minimum absolute atomic E-state index is 0.262. The number of ether oxygens (including phenoxy) is 1. The van der Waals surface area contributed by atoms with Gasteiger partial charge in [-0.25, -0.2) is 0 Å². The predicted molar refractivity (Wildman–Crippen MR) is 86.3 cm³/mol. The van der Waals surface area contributed by atoms with E-state index in [1.807, 2.05) is 0 Å². The van der Waals surface area contributed by atoms with Gasteiger partial charge >= 0.3 is 0 Å². The van der Waals surface area contributed by atoms with E-state index in [-0.39, 0.29) is 6.10 Å². The molecule has 1 aliphatic rings. The number of morpholine rings is 1. The fourth-order valence-corrected chi connectivity index (χ4v) is 3.06. The molecule has 1 saturated heterocycles. The van der Waals surface area contributed by atoms with Crippen LogP contribution in [0, 0.1) is 0 Å². The van der Waals surface area contributed by atoms with E-state index in [4.69, 9.17) is 10.5 Å². The number of rotatable bonds is 4. The first-order valence-corrected chi connectivity index (χ1v) is 7.81. The minimum atomic E-state index is 0.262. The van der Waals surface area contributed by atoms with E-state index in [1.54, 1.807) is 0 Å². The molecule has 1 aromatic heterocycles. The Kier molecular flexibility index (Phi) is 4.29. The molecule has 21 heavy (non-hydrogen) atoms. The van der Waals surface area contributed by atoms with Crippen LogP contribution in [0.2, 0.25) is 0 Å². The van der Waals surface area contributed by atoms with Crippen LogP contribution in [0.5, 0.6) is 0 Å². The van der Waals surface area contributed by atoms with Crippen LogP contribution in [0.15, 0.2) is 30.5 Å². The van der Waals surface area contributed by atoms with Crippen LogP contribution < -0.4 is 5.73 Å². The molecule has 4 heteroatoms. The summed E-state index contributed by atoms with van der Waals surface area (Å²) in [5, 5.41) is 1.27. The third kappa shape index (κ3) is 3.12. The molecule has 3 rings (SSSR count). The van der Waals surface area contributed by atoms with Crippen molar-refractivity contribution in [2.75, 3.05) is 19.7 Å². The van der Waals surface area contributed by atoms with Gasteiger partial charge in [-0.3, -0.25) is 4.90 Å². The number of nitrogens with zero attached hydrogens (tertiary/aromatic N) is 2. The van der Waals surface area contributed by atoms with Crippen molar-refractivity contribution in [1.29, 1.82) is 0 Å². The summed E-state index contributed by atoms with van der Waals surface area (Å²) < 4.78 is 8.24. The highest BCUT2D eigenvalue weighted by molar-refractivity contribution is 5.80. The second-order valence-corrected chi connectivity index (χ2v) is 6.15. The minimum Gasteiger partial charge on any atom is -0.374 e. The van der Waals surface area contributed by atoms with Gasteiger partial charge < -0.3 is 15.0 Å². The molecule has 4 nitrogen and oxygen atoms in total. The van der Waals surface area contributed by atoms with Crippen LogP contribution in [0.4, 0.5) is 0 Å². The number of hydrogen-bond donors (Lipinski definition) is 1. The molecule has 0 bridgehead atoms. The molecule has 0 aliphatic carbocycles. The van der Waals surface area contributed by atoms with Gasteiger partial charge in [0.15, 0.2) is 0 Å². The predicted octanol–water partition coefficient (Wildman–Crippen LogP) is 2.21. The molecule has 1 aromatic carbocycles. The molecule has 1 aliphatic heterocycles. The van der Waals surface area contributed by atoms with Crippen LogP contribution in [0.3, 0.4) is 0 Å². The molecule has 0 radical (unpaired) electrons. The summed E-state index contributed by atoms with van der Waals surface area (Å²) in [5.41, 5.74) is 8.18. The SMILES string of the molecule is CC(C)N1CCOC(Cn2ccc3ccc(CN)cc32)C1. The van der Waals surface area contributed by atoms with Gasteiger partial charge in [-0.2, -0.15) is 0 Å². The van der Waals surface area contributed by atoms with Crippen LogP contribution in [-0.4, -0.2) is 41.3 Å². The molecule has 0 spiro atoms. The molecular formula is C17H25N3O. The summed E-state index contributed by atoms with van der Waals surface area (Å²) in [6.45, 7) is 8.87. The highest BCUT2D eigenvalue weighted by Gasteiger charge is 2.22. The normalized spacial score (nSPS) is 20.5. The zero-order chi connectivity index (χ0) is 14.8. The lowest BCUT2D eigenvalue weighted by atomic mass is 10.1. The van der Waals surface area contributed by atoms with Crippen LogP contribution in [-0.2, 0) is 17.8 Å². The molecule has 1 atom stereocenters. The van der Waals surface area contributed by atoms with Crippen molar-refractivity contribution in [3.63, 3.8) is 0 Å². The fourth-order valence-electron chi connectivity index (χ4n) is 3.06. The lowest BCUT2D eigenvalue weighted by Crippen LogP contribution is -2.47. The molecule has 2 aromatic rings. The second-order valence-electron chi connectivity index (χ2n) is 6.15. The summed E-state index contributed by atoms with van der Waals surface area (Å²) in [5.74, 6) is 0. The maximum Gasteiger partial charge on any atom is 0.0881 e. The number of fused-ring (bicyclic) bond motifs is 1. The first-order valence-electron chi connectivity index (χ1n) is 7.81. The standard InChI is InChI=1S/C17H25N3O/c1-13(2)19-7-8-21-16(11-19)12-20-6-5-15-4-3-14(10-18)9-17(15)20/h3-6,9,13,16H,7-8,10-12,18H2,1-2H3. The second kappa shape index (κ2) is 6.18. The first kappa shape index (κ1) is 14.6. The third-order valence-corrected chi connectivity index (χ3v) is 4.37. The molecule has 1 unspecified atom stereocenters. The van der Waals surface area contributed by atoms with Gasteiger partial charge in [0.2, 0.25) is 0 Å². The van der Waals surface area contributed by atoms with Gasteiger partial charge in [0.05, 0.1) is 19.3 Å². The van der Waals surface area contributed by atoms with Crippen molar-refractivity contribution in [2.24, 2.45) is 5.73 Å². The monoisotopic (exact) mass is 287 g/mol. The zero-order valence-electron chi connectivity index (χ0n) is 13.0. The van der Waals surface area contributed by atoms with E-state index in [1.165, 1.54) is 16.5 Å². The van der Waals surface area contributed by atoms with E-state index < -0.39 is 0 Å². The van der Waals surface area contributed by atoms with Gasteiger partial charge in [-0.05, 0) is 36.9 Å². The van der Waals surface area contributed by atoms with Gasteiger partial charge in [-0.1, -0.05) is 12.1 Å². The van der Waals surface area contributed by atoms with Crippen molar-refractivity contribution in [2.45, 2.75) is 39.1 Å². The molecule has 1 fully saturated rings. The Hall–Kier alpha value is -1.36. The van der Waals surface area contributed by atoms with E-state index in [0.29, 0.717) is 12.6 Å². The maximum absolute atomic E-state index is 5.95. The van der Waals surface area contributed by atoms with Gasteiger partial charge in [0.25, 0.3) is 0 Å². The zero-order valence-corrected chi connectivity index (χ0v) is 13.0.